The van der Waals surface area contributed by atoms with Crippen molar-refractivity contribution in [3.8, 4) is 5.75 Å². The van der Waals surface area contributed by atoms with Gasteiger partial charge in [-0.3, -0.25) is 4.79 Å². The number of methoxy groups -OCH3 is 1. The number of amides is 3. The van der Waals surface area contributed by atoms with Crippen molar-refractivity contribution in [1.82, 2.24) is 5.32 Å². The van der Waals surface area contributed by atoms with Crippen molar-refractivity contribution in [2.24, 2.45) is 0 Å². The van der Waals surface area contributed by atoms with Crippen LogP contribution in [0.3, 0.4) is 0 Å². The Bertz CT molecular complexity index is 484. The number of hydrogen-bond donors (Lipinski definition) is 1. The second kappa shape index (κ2) is 4.33. The lowest BCUT2D eigenvalue weighted by Crippen LogP contribution is -2.43. The van der Waals surface area contributed by atoms with Gasteiger partial charge in [-0.05, 0) is 37.6 Å². The smallest absolute Gasteiger partial charge is 0.329 e. The van der Waals surface area contributed by atoms with E-state index in [1.165, 1.54) is 4.90 Å². The summed E-state index contributed by atoms with van der Waals surface area (Å²) in [5, 5.41) is 2.71. The van der Waals surface area contributed by atoms with Crippen LogP contribution in [0.15, 0.2) is 24.3 Å². The highest BCUT2D eigenvalue weighted by Gasteiger charge is 2.47. The molecule has 0 radical (unpaired) electrons. The topological polar surface area (TPSA) is 58.6 Å². The van der Waals surface area contributed by atoms with Crippen LogP contribution < -0.4 is 15.0 Å². The molecule has 0 aliphatic carbocycles. The fourth-order valence-electron chi connectivity index (χ4n) is 1.89. The third-order valence-electron chi connectivity index (χ3n) is 3.30. The van der Waals surface area contributed by atoms with Crippen molar-refractivity contribution in [1.29, 1.82) is 0 Å². The third kappa shape index (κ3) is 1.81. The molecule has 5 nitrogen and oxygen atoms in total. The predicted molar refractivity (Wildman–Crippen MR) is 67.7 cm³/mol. The van der Waals surface area contributed by atoms with Crippen LogP contribution in [0.1, 0.15) is 20.3 Å². The molecule has 1 aromatic rings. The molecular weight excluding hydrogens is 232 g/mol. The molecule has 1 heterocycles. The average molecular weight is 248 g/mol. The summed E-state index contributed by atoms with van der Waals surface area (Å²) < 4.78 is 5.04. The first kappa shape index (κ1) is 12.4. The summed E-state index contributed by atoms with van der Waals surface area (Å²) >= 11 is 0. The van der Waals surface area contributed by atoms with Gasteiger partial charge in [0.1, 0.15) is 11.3 Å². The second-order valence-electron chi connectivity index (χ2n) is 4.45. The van der Waals surface area contributed by atoms with Crippen LogP contribution in [0, 0.1) is 0 Å². The highest BCUT2D eigenvalue weighted by molar-refractivity contribution is 6.23. The van der Waals surface area contributed by atoms with Crippen molar-refractivity contribution in [3.63, 3.8) is 0 Å². The molecule has 0 spiro atoms. The van der Waals surface area contributed by atoms with Crippen molar-refractivity contribution in [3.05, 3.63) is 24.3 Å². The van der Waals surface area contributed by atoms with E-state index in [1.807, 2.05) is 6.92 Å². The molecule has 1 aromatic carbocycles. The monoisotopic (exact) mass is 248 g/mol. The minimum absolute atomic E-state index is 0.222. The van der Waals surface area contributed by atoms with E-state index in [1.54, 1.807) is 38.3 Å². The van der Waals surface area contributed by atoms with E-state index in [0.717, 1.165) is 0 Å². The number of anilines is 1. The maximum absolute atomic E-state index is 12.2. The van der Waals surface area contributed by atoms with E-state index in [0.29, 0.717) is 17.9 Å². The molecule has 0 saturated carbocycles. The lowest BCUT2D eigenvalue weighted by Gasteiger charge is -2.19. The van der Waals surface area contributed by atoms with E-state index in [-0.39, 0.29) is 11.9 Å². The number of nitrogens with one attached hydrogen (secondary N) is 1. The SMILES string of the molecule is CCC1(C)NC(=O)N(c2ccc(OC)cc2)C1=O. The van der Waals surface area contributed by atoms with Gasteiger partial charge in [-0.25, -0.2) is 9.69 Å². The van der Waals surface area contributed by atoms with Crippen molar-refractivity contribution in [2.45, 2.75) is 25.8 Å². The minimum Gasteiger partial charge on any atom is -0.497 e. The molecule has 1 aliphatic heterocycles. The molecule has 1 unspecified atom stereocenters. The highest BCUT2D eigenvalue weighted by atomic mass is 16.5. The Morgan fingerprint density at radius 2 is 1.89 bits per heavy atom. The number of benzene rings is 1. The Morgan fingerprint density at radius 1 is 1.28 bits per heavy atom. The van der Waals surface area contributed by atoms with Gasteiger partial charge in [-0.1, -0.05) is 6.92 Å². The number of nitrogens with zero attached hydrogens (tertiary/aromatic N) is 1. The Morgan fingerprint density at radius 3 is 2.33 bits per heavy atom. The molecule has 0 aromatic heterocycles. The van der Waals surface area contributed by atoms with Crippen molar-refractivity contribution >= 4 is 17.6 Å². The minimum atomic E-state index is -0.809. The maximum Gasteiger partial charge on any atom is 0.329 e. The summed E-state index contributed by atoms with van der Waals surface area (Å²) in [5.74, 6) is 0.462. The zero-order valence-electron chi connectivity index (χ0n) is 10.7. The van der Waals surface area contributed by atoms with Crippen molar-refractivity contribution in [2.75, 3.05) is 12.0 Å². The Kier molecular flexibility index (Phi) is 2.98. The molecule has 1 atom stereocenters. The molecule has 1 fully saturated rings. The number of carbonyl (C=O) groups excluding carboxylic acids is 2. The second-order valence-corrected chi connectivity index (χ2v) is 4.45. The summed E-state index contributed by atoms with van der Waals surface area (Å²) in [7, 11) is 1.57. The van der Waals surface area contributed by atoms with Crippen LogP contribution in [0.25, 0.3) is 0 Å². The summed E-state index contributed by atoms with van der Waals surface area (Å²) in [6.07, 6.45) is 0.560. The standard InChI is InChI=1S/C13H16N2O3/c1-4-13(2)11(16)15(12(17)14-13)9-5-7-10(18-3)8-6-9/h5-8H,4H2,1-3H3,(H,14,17). The molecule has 2 rings (SSSR count). The lowest BCUT2D eigenvalue weighted by molar-refractivity contribution is -0.121. The summed E-state index contributed by atoms with van der Waals surface area (Å²) in [6.45, 7) is 3.60. The van der Waals surface area contributed by atoms with Crippen LogP contribution in [0.5, 0.6) is 5.75 Å². The third-order valence-corrected chi connectivity index (χ3v) is 3.30. The van der Waals surface area contributed by atoms with E-state index in [4.69, 9.17) is 4.74 Å². The number of urea groups is 1. The van der Waals surface area contributed by atoms with Gasteiger partial charge < -0.3 is 10.1 Å². The summed E-state index contributed by atoms with van der Waals surface area (Å²) in [5.41, 5.74) is -0.257. The van der Waals surface area contributed by atoms with E-state index < -0.39 is 5.54 Å². The molecule has 3 amide bonds. The largest absolute Gasteiger partial charge is 0.497 e. The fourth-order valence-corrected chi connectivity index (χ4v) is 1.89. The first-order chi connectivity index (χ1) is 8.51. The van der Waals surface area contributed by atoms with Crippen LogP contribution in [-0.2, 0) is 4.79 Å². The van der Waals surface area contributed by atoms with Gasteiger partial charge in [0.05, 0.1) is 12.8 Å². The molecule has 1 N–H and O–H groups in total. The number of rotatable bonds is 3. The molecule has 1 aliphatic rings. The molecule has 96 valence electrons. The van der Waals surface area contributed by atoms with E-state index in [2.05, 4.69) is 5.32 Å². The van der Waals surface area contributed by atoms with Crippen LogP contribution in [0.2, 0.25) is 0 Å². The van der Waals surface area contributed by atoms with Crippen molar-refractivity contribution < 1.29 is 14.3 Å². The molecule has 0 bridgehead atoms. The van der Waals surface area contributed by atoms with Gasteiger partial charge in [0.25, 0.3) is 5.91 Å². The fraction of sp³-hybridized carbons (Fsp3) is 0.385. The van der Waals surface area contributed by atoms with Gasteiger partial charge >= 0.3 is 6.03 Å². The zero-order valence-corrected chi connectivity index (χ0v) is 10.7. The normalized spacial score (nSPS) is 23.2. The van der Waals surface area contributed by atoms with Gasteiger partial charge in [0.15, 0.2) is 0 Å². The summed E-state index contributed by atoms with van der Waals surface area (Å²) in [6, 6.07) is 6.44. The number of carbonyl (C=O) groups is 2. The quantitative estimate of drug-likeness (QED) is 0.831. The Labute approximate surface area is 106 Å². The van der Waals surface area contributed by atoms with Crippen LogP contribution in [0.4, 0.5) is 10.5 Å². The number of ether oxygens (including phenoxy) is 1. The van der Waals surface area contributed by atoms with E-state index in [9.17, 15) is 9.59 Å². The number of imide groups is 1. The van der Waals surface area contributed by atoms with E-state index >= 15 is 0 Å². The first-order valence-corrected chi connectivity index (χ1v) is 5.82. The predicted octanol–water partition coefficient (Wildman–Crippen LogP) is 1.92. The number of hydrogen-bond acceptors (Lipinski definition) is 3. The summed E-state index contributed by atoms with van der Waals surface area (Å²) in [4.78, 5) is 25.3. The van der Waals surface area contributed by atoms with Gasteiger partial charge in [0.2, 0.25) is 0 Å². The van der Waals surface area contributed by atoms with Crippen LogP contribution >= 0.6 is 0 Å². The molecule has 18 heavy (non-hydrogen) atoms. The zero-order chi connectivity index (χ0) is 13.3. The van der Waals surface area contributed by atoms with Crippen LogP contribution in [-0.4, -0.2) is 24.6 Å². The Hall–Kier alpha value is -2.04. The highest BCUT2D eigenvalue weighted by Crippen LogP contribution is 2.27. The first-order valence-electron chi connectivity index (χ1n) is 5.82. The molecular formula is C13H16N2O3. The maximum atomic E-state index is 12.2. The molecule has 5 heteroatoms. The average Bonchev–Trinajstić information content (AvgIpc) is 2.61. The lowest BCUT2D eigenvalue weighted by atomic mass is 9.99. The van der Waals surface area contributed by atoms with Gasteiger partial charge in [0, 0.05) is 0 Å². The van der Waals surface area contributed by atoms with Gasteiger partial charge in [-0.2, -0.15) is 0 Å². The Balaban J connectivity index is 2.33. The molecule has 1 saturated heterocycles. The van der Waals surface area contributed by atoms with Gasteiger partial charge in [-0.15, -0.1) is 0 Å².